The lowest BCUT2D eigenvalue weighted by atomic mass is 10.2. The van der Waals surface area contributed by atoms with Crippen LogP contribution in [0.2, 0.25) is 0 Å². The number of aryl methyl sites for hydroxylation is 1. The number of oxazole rings is 1. The number of aromatic nitrogens is 1. The van der Waals surface area contributed by atoms with Crippen molar-refractivity contribution in [3.8, 4) is 22.8 Å². The van der Waals surface area contributed by atoms with Crippen LogP contribution in [0, 0.1) is 0 Å². The summed E-state index contributed by atoms with van der Waals surface area (Å²) < 4.78 is 16.1. The summed E-state index contributed by atoms with van der Waals surface area (Å²) in [7, 11) is 3.24. The molecular formula is C21H22N2O4. The van der Waals surface area contributed by atoms with Crippen LogP contribution in [0.5, 0.6) is 11.5 Å². The summed E-state index contributed by atoms with van der Waals surface area (Å²) in [4.78, 5) is 16.3. The number of nitrogens with one attached hydrogen (secondary N) is 1. The SMILES string of the molecule is COc1ccc(CNC(=O)CCc2ncc(-c3cccc(OC)c3)o2)cc1. The van der Waals surface area contributed by atoms with Crippen molar-refractivity contribution in [2.45, 2.75) is 19.4 Å². The fourth-order valence-corrected chi connectivity index (χ4v) is 2.59. The summed E-state index contributed by atoms with van der Waals surface area (Å²) >= 11 is 0. The van der Waals surface area contributed by atoms with Crippen LogP contribution in [-0.2, 0) is 17.8 Å². The van der Waals surface area contributed by atoms with Gasteiger partial charge in [-0.05, 0) is 29.8 Å². The lowest BCUT2D eigenvalue weighted by molar-refractivity contribution is -0.121. The standard InChI is InChI=1S/C21H22N2O4/c1-25-17-8-6-15(7-9-17)13-22-20(24)10-11-21-23-14-19(27-21)16-4-3-5-18(12-16)26-2/h3-9,12,14H,10-11,13H2,1-2H3,(H,22,24). The molecule has 0 aliphatic carbocycles. The number of nitrogens with zero attached hydrogens (tertiary/aromatic N) is 1. The fourth-order valence-electron chi connectivity index (χ4n) is 2.59. The number of amides is 1. The van der Waals surface area contributed by atoms with E-state index in [1.807, 2.05) is 48.5 Å². The average Bonchev–Trinajstić information content (AvgIpc) is 3.20. The first kappa shape index (κ1) is 18.5. The summed E-state index contributed by atoms with van der Waals surface area (Å²) in [5.74, 6) is 2.69. The third-order valence-electron chi connectivity index (χ3n) is 4.12. The highest BCUT2D eigenvalue weighted by molar-refractivity contribution is 5.76. The van der Waals surface area contributed by atoms with E-state index in [2.05, 4.69) is 10.3 Å². The monoisotopic (exact) mass is 366 g/mol. The van der Waals surface area contributed by atoms with Crippen molar-refractivity contribution in [3.63, 3.8) is 0 Å². The molecule has 0 saturated carbocycles. The maximum absolute atomic E-state index is 12.1. The highest BCUT2D eigenvalue weighted by Gasteiger charge is 2.10. The molecule has 6 heteroatoms. The molecule has 0 spiro atoms. The van der Waals surface area contributed by atoms with E-state index in [9.17, 15) is 4.79 Å². The first-order valence-electron chi connectivity index (χ1n) is 8.66. The van der Waals surface area contributed by atoms with Gasteiger partial charge < -0.3 is 19.2 Å². The number of carbonyl (C=O) groups is 1. The molecule has 0 saturated heterocycles. The second-order valence-electron chi connectivity index (χ2n) is 5.98. The molecule has 6 nitrogen and oxygen atoms in total. The van der Waals surface area contributed by atoms with E-state index in [4.69, 9.17) is 13.9 Å². The number of benzene rings is 2. The average molecular weight is 366 g/mol. The largest absolute Gasteiger partial charge is 0.497 e. The molecule has 1 amide bonds. The number of rotatable bonds is 8. The van der Waals surface area contributed by atoms with Gasteiger partial charge in [-0.1, -0.05) is 24.3 Å². The molecule has 1 heterocycles. The highest BCUT2D eigenvalue weighted by atomic mass is 16.5. The number of carbonyl (C=O) groups excluding carboxylic acids is 1. The number of ether oxygens (including phenoxy) is 2. The zero-order valence-corrected chi connectivity index (χ0v) is 15.4. The first-order valence-corrected chi connectivity index (χ1v) is 8.66. The summed E-state index contributed by atoms with van der Waals surface area (Å²) in [6.07, 6.45) is 2.42. The Morgan fingerprint density at radius 3 is 2.59 bits per heavy atom. The molecule has 0 bridgehead atoms. The predicted octanol–water partition coefficient (Wildman–Crippen LogP) is 3.61. The van der Waals surface area contributed by atoms with Gasteiger partial charge in [0.2, 0.25) is 5.91 Å². The van der Waals surface area contributed by atoms with E-state index in [0.717, 1.165) is 22.6 Å². The van der Waals surface area contributed by atoms with Gasteiger partial charge in [-0.2, -0.15) is 0 Å². The van der Waals surface area contributed by atoms with Crippen LogP contribution in [0.1, 0.15) is 17.9 Å². The van der Waals surface area contributed by atoms with Crippen LogP contribution in [0.15, 0.2) is 59.1 Å². The first-order chi connectivity index (χ1) is 13.2. The Morgan fingerprint density at radius 2 is 1.85 bits per heavy atom. The van der Waals surface area contributed by atoms with E-state index < -0.39 is 0 Å². The molecule has 0 fully saturated rings. The third-order valence-corrected chi connectivity index (χ3v) is 4.12. The Morgan fingerprint density at radius 1 is 1.07 bits per heavy atom. The minimum atomic E-state index is -0.0491. The normalized spacial score (nSPS) is 10.4. The Labute approximate surface area is 158 Å². The Bertz CT molecular complexity index is 887. The molecule has 27 heavy (non-hydrogen) atoms. The maximum Gasteiger partial charge on any atom is 0.220 e. The Balaban J connectivity index is 1.49. The molecule has 1 aromatic heterocycles. The molecule has 2 aromatic carbocycles. The van der Waals surface area contributed by atoms with Crippen molar-refractivity contribution in [3.05, 3.63) is 66.2 Å². The van der Waals surface area contributed by atoms with Gasteiger partial charge in [-0.25, -0.2) is 4.98 Å². The number of hydrogen-bond acceptors (Lipinski definition) is 5. The molecule has 3 aromatic rings. The zero-order chi connectivity index (χ0) is 19.1. The molecular weight excluding hydrogens is 344 g/mol. The van der Waals surface area contributed by atoms with Crippen molar-refractivity contribution >= 4 is 5.91 Å². The van der Waals surface area contributed by atoms with Crippen molar-refractivity contribution in [2.24, 2.45) is 0 Å². The van der Waals surface area contributed by atoms with Crippen molar-refractivity contribution < 1.29 is 18.7 Å². The molecule has 0 unspecified atom stereocenters. The molecule has 3 rings (SSSR count). The van der Waals surface area contributed by atoms with E-state index in [0.29, 0.717) is 31.0 Å². The molecule has 0 atom stereocenters. The van der Waals surface area contributed by atoms with Crippen LogP contribution in [0.25, 0.3) is 11.3 Å². The fraction of sp³-hybridized carbons (Fsp3) is 0.238. The third kappa shape index (κ3) is 5.10. The van der Waals surface area contributed by atoms with Crippen molar-refractivity contribution in [1.29, 1.82) is 0 Å². The van der Waals surface area contributed by atoms with Crippen molar-refractivity contribution in [2.75, 3.05) is 14.2 Å². The van der Waals surface area contributed by atoms with Gasteiger partial charge in [0.1, 0.15) is 11.5 Å². The molecule has 0 aliphatic heterocycles. The summed E-state index contributed by atoms with van der Waals surface area (Å²) in [6, 6.07) is 15.2. The Hall–Kier alpha value is -3.28. The summed E-state index contributed by atoms with van der Waals surface area (Å²) in [5, 5.41) is 2.89. The van der Waals surface area contributed by atoms with E-state index in [-0.39, 0.29) is 5.91 Å². The van der Waals surface area contributed by atoms with Crippen LogP contribution >= 0.6 is 0 Å². The van der Waals surface area contributed by atoms with Gasteiger partial charge in [0, 0.05) is 24.9 Å². The van der Waals surface area contributed by atoms with Gasteiger partial charge >= 0.3 is 0 Å². The minimum Gasteiger partial charge on any atom is -0.497 e. The van der Waals surface area contributed by atoms with E-state index in [1.165, 1.54) is 0 Å². The number of hydrogen-bond donors (Lipinski definition) is 1. The van der Waals surface area contributed by atoms with Crippen molar-refractivity contribution in [1.82, 2.24) is 10.3 Å². The van der Waals surface area contributed by atoms with Crippen LogP contribution in [0.3, 0.4) is 0 Å². The smallest absolute Gasteiger partial charge is 0.220 e. The van der Waals surface area contributed by atoms with Crippen LogP contribution in [-0.4, -0.2) is 25.1 Å². The maximum atomic E-state index is 12.1. The Kier molecular flexibility index (Phi) is 6.10. The number of methoxy groups -OCH3 is 2. The summed E-state index contributed by atoms with van der Waals surface area (Å²) in [6.45, 7) is 0.476. The van der Waals surface area contributed by atoms with E-state index in [1.54, 1.807) is 20.4 Å². The second kappa shape index (κ2) is 8.89. The van der Waals surface area contributed by atoms with Gasteiger partial charge in [0.15, 0.2) is 11.7 Å². The minimum absolute atomic E-state index is 0.0491. The van der Waals surface area contributed by atoms with Crippen LogP contribution < -0.4 is 14.8 Å². The van der Waals surface area contributed by atoms with Gasteiger partial charge in [-0.3, -0.25) is 4.79 Å². The zero-order valence-electron chi connectivity index (χ0n) is 15.4. The molecule has 140 valence electrons. The lowest BCUT2D eigenvalue weighted by Crippen LogP contribution is -2.23. The second-order valence-corrected chi connectivity index (χ2v) is 5.98. The quantitative estimate of drug-likeness (QED) is 0.659. The molecule has 0 aliphatic rings. The van der Waals surface area contributed by atoms with Gasteiger partial charge in [0.05, 0.1) is 20.4 Å². The summed E-state index contributed by atoms with van der Waals surface area (Å²) in [5.41, 5.74) is 1.90. The predicted molar refractivity (Wildman–Crippen MR) is 102 cm³/mol. The topological polar surface area (TPSA) is 73.6 Å². The molecule has 1 N–H and O–H groups in total. The van der Waals surface area contributed by atoms with Crippen LogP contribution in [0.4, 0.5) is 0 Å². The highest BCUT2D eigenvalue weighted by Crippen LogP contribution is 2.24. The molecule has 0 radical (unpaired) electrons. The van der Waals surface area contributed by atoms with E-state index >= 15 is 0 Å². The van der Waals surface area contributed by atoms with Gasteiger partial charge in [0.25, 0.3) is 0 Å². The lowest BCUT2D eigenvalue weighted by Gasteiger charge is -2.05. The van der Waals surface area contributed by atoms with Gasteiger partial charge in [-0.15, -0.1) is 0 Å².